The molecule has 7 nitrogen and oxygen atoms in total. The number of nitrogens with zero attached hydrogens (tertiary/aromatic N) is 4. The first-order valence-corrected chi connectivity index (χ1v) is 12.4. The maximum absolute atomic E-state index is 13.1. The van der Waals surface area contributed by atoms with E-state index in [0.717, 1.165) is 43.1 Å². The third-order valence-corrected chi connectivity index (χ3v) is 7.04. The number of sulfone groups is 1. The van der Waals surface area contributed by atoms with Gasteiger partial charge < -0.3 is 4.57 Å². The molecule has 4 rings (SSSR count). The predicted molar refractivity (Wildman–Crippen MR) is 110 cm³/mol. The van der Waals surface area contributed by atoms with Crippen molar-refractivity contribution in [1.82, 2.24) is 19.3 Å². The second-order valence-electron chi connectivity index (χ2n) is 7.03. The monoisotopic (exact) mass is 418 g/mol. The minimum Gasteiger partial charge on any atom is -0.324 e. The summed E-state index contributed by atoms with van der Waals surface area (Å²) in [6, 6.07) is 9.34. The van der Waals surface area contributed by atoms with Crippen LogP contribution in [0.2, 0.25) is 0 Å². The highest BCUT2D eigenvalue weighted by Gasteiger charge is 2.27. The van der Waals surface area contributed by atoms with Crippen molar-refractivity contribution in [1.29, 1.82) is 0 Å². The zero-order valence-corrected chi connectivity index (χ0v) is 17.3. The number of thioether (sulfide) groups is 1. The molecule has 0 fully saturated rings. The van der Waals surface area contributed by atoms with E-state index in [1.54, 1.807) is 0 Å². The van der Waals surface area contributed by atoms with Crippen LogP contribution in [0.5, 0.6) is 0 Å². The predicted octanol–water partition coefficient (Wildman–Crippen LogP) is 2.40. The van der Waals surface area contributed by atoms with Crippen molar-refractivity contribution in [3.63, 3.8) is 0 Å². The average molecular weight is 419 g/mol. The number of hydrogen-bond donors (Lipinski definition) is 0. The minimum atomic E-state index is -3.03. The molecule has 0 spiro atoms. The lowest BCUT2D eigenvalue weighted by Crippen LogP contribution is -2.19. The molecule has 3 aliphatic heterocycles. The summed E-state index contributed by atoms with van der Waals surface area (Å²) in [6.07, 6.45) is 5.17. The molecule has 3 heterocycles. The van der Waals surface area contributed by atoms with Crippen molar-refractivity contribution >= 4 is 21.6 Å². The molecule has 1 aromatic rings. The lowest BCUT2D eigenvalue weighted by molar-refractivity contribution is 0.571. The maximum Gasteiger partial charge on any atom is 0.284 e. The SMILES string of the molecule is CS(=O)(=O)CCSc1nc2nn(-c3ccccc3)c(=O)c-2c2n1CCCCC2. The fraction of sp³-hybridized carbons (Fsp3) is 0.421. The van der Waals surface area contributed by atoms with Gasteiger partial charge in [0.15, 0.2) is 11.0 Å². The van der Waals surface area contributed by atoms with Crippen molar-refractivity contribution in [3.05, 3.63) is 46.4 Å². The molecule has 0 bridgehead atoms. The minimum absolute atomic E-state index is 0.0952. The normalized spacial score (nSPS) is 14.8. The van der Waals surface area contributed by atoms with Gasteiger partial charge in [-0.25, -0.2) is 13.4 Å². The summed E-state index contributed by atoms with van der Waals surface area (Å²) in [5.41, 5.74) is 2.12. The molecule has 3 aliphatic rings. The highest BCUT2D eigenvalue weighted by atomic mass is 32.2. The smallest absolute Gasteiger partial charge is 0.284 e. The van der Waals surface area contributed by atoms with E-state index < -0.39 is 9.84 Å². The van der Waals surface area contributed by atoms with Gasteiger partial charge in [-0.05, 0) is 31.4 Å². The average Bonchev–Trinajstić information content (AvgIpc) is 2.83. The summed E-state index contributed by atoms with van der Waals surface area (Å²) in [4.78, 5) is 17.8. The van der Waals surface area contributed by atoms with Crippen LogP contribution in [0.15, 0.2) is 40.3 Å². The number of rotatable bonds is 5. The maximum atomic E-state index is 13.1. The van der Waals surface area contributed by atoms with E-state index in [0.29, 0.717) is 22.8 Å². The van der Waals surface area contributed by atoms with Gasteiger partial charge in [-0.1, -0.05) is 36.4 Å². The molecule has 0 N–H and O–H groups in total. The van der Waals surface area contributed by atoms with Gasteiger partial charge in [-0.15, -0.1) is 5.10 Å². The van der Waals surface area contributed by atoms with E-state index in [9.17, 15) is 13.2 Å². The van der Waals surface area contributed by atoms with E-state index in [1.165, 1.54) is 22.7 Å². The van der Waals surface area contributed by atoms with Gasteiger partial charge >= 0.3 is 0 Å². The van der Waals surface area contributed by atoms with Crippen molar-refractivity contribution in [2.45, 2.75) is 37.4 Å². The van der Waals surface area contributed by atoms with Crippen LogP contribution in [0.3, 0.4) is 0 Å². The van der Waals surface area contributed by atoms with Crippen LogP contribution >= 0.6 is 11.8 Å². The van der Waals surface area contributed by atoms with E-state index in [-0.39, 0.29) is 11.3 Å². The first kappa shape index (κ1) is 19.2. The molecule has 0 amide bonds. The zero-order chi connectivity index (χ0) is 19.7. The Morgan fingerprint density at radius 1 is 1.14 bits per heavy atom. The highest BCUT2D eigenvalue weighted by molar-refractivity contribution is 8.00. The zero-order valence-electron chi connectivity index (χ0n) is 15.7. The Kier molecular flexibility index (Phi) is 5.29. The molecule has 0 saturated heterocycles. The summed E-state index contributed by atoms with van der Waals surface area (Å²) in [5, 5.41) is 5.23. The van der Waals surface area contributed by atoms with Crippen molar-refractivity contribution < 1.29 is 8.42 Å². The van der Waals surface area contributed by atoms with Gasteiger partial charge in [0.2, 0.25) is 0 Å². The van der Waals surface area contributed by atoms with E-state index in [4.69, 9.17) is 0 Å². The Hall–Kier alpha value is -2.13. The molecule has 0 aromatic heterocycles. The second kappa shape index (κ2) is 7.71. The van der Waals surface area contributed by atoms with Crippen LogP contribution in [-0.2, 0) is 22.8 Å². The van der Waals surface area contributed by atoms with Crippen LogP contribution in [-0.4, -0.2) is 45.5 Å². The van der Waals surface area contributed by atoms with Crippen LogP contribution in [0, 0.1) is 0 Å². The van der Waals surface area contributed by atoms with Gasteiger partial charge in [-0.3, -0.25) is 4.79 Å². The first-order valence-electron chi connectivity index (χ1n) is 9.32. The number of para-hydroxylation sites is 1. The Balaban J connectivity index is 1.83. The van der Waals surface area contributed by atoms with Gasteiger partial charge in [0.05, 0.1) is 11.4 Å². The largest absolute Gasteiger partial charge is 0.324 e. The first-order chi connectivity index (χ1) is 13.4. The Morgan fingerprint density at radius 3 is 2.68 bits per heavy atom. The summed E-state index contributed by atoms with van der Waals surface area (Å²) in [5.74, 6) is 0.960. The molecule has 0 unspecified atom stereocenters. The number of benzene rings is 1. The van der Waals surface area contributed by atoms with Gasteiger partial charge in [0, 0.05) is 24.2 Å². The molecule has 28 heavy (non-hydrogen) atoms. The van der Waals surface area contributed by atoms with E-state index in [1.807, 2.05) is 30.3 Å². The molecule has 0 aliphatic carbocycles. The Morgan fingerprint density at radius 2 is 1.93 bits per heavy atom. The molecular weight excluding hydrogens is 396 g/mol. The van der Waals surface area contributed by atoms with Crippen LogP contribution in [0.1, 0.15) is 25.0 Å². The third kappa shape index (κ3) is 3.86. The number of fused-ring (bicyclic) bond motifs is 3. The molecule has 0 saturated carbocycles. The molecule has 0 atom stereocenters. The number of hydrogen-bond acceptors (Lipinski definition) is 6. The molecule has 148 valence electrons. The summed E-state index contributed by atoms with van der Waals surface area (Å²) >= 11 is 1.42. The van der Waals surface area contributed by atoms with E-state index in [2.05, 4.69) is 14.6 Å². The molecule has 1 aromatic carbocycles. The quantitative estimate of drug-likeness (QED) is 0.467. The Labute approximate surface area is 168 Å². The summed E-state index contributed by atoms with van der Waals surface area (Å²) < 4.78 is 26.5. The number of aromatic nitrogens is 4. The third-order valence-electron chi connectivity index (χ3n) is 4.85. The van der Waals surface area contributed by atoms with Gasteiger partial charge in [0.1, 0.15) is 15.4 Å². The van der Waals surface area contributed by atoms with Crippen LogP contribution in [0.25, 0.3) is 17.1 Å². The Bertz CT molecular complexity index is 1120. The van der Waals surface area contributed by atoms with Crippen LogP contribution in [0.4, 0.5) is 0 Å². The van der Waals surface area contributed by atoms with Crippen LogP contribution < -0.4 is 5.56 Å². The van der Waals surface area contributed by atoms with Gasteiger partial charge in [0.25, 0.3) is 5.56 Å². The summed E-state index contributed by atoms with van der Waals surface area (Å²) in [6.45, 7) is 0.787. The second-order valence-corrected chi connectivity index (χ2v) is 10.4. The summed E-state index contributed by atoms with van der Waals surface area (Å²) in [7, 11) is -3.03. The molecule has 0 radical (unpaired) electrons. The molecule has 9 heteroatoms. The van der Waals surface area contributed by atoms with Gasteiger partial charge in [-0.2, -0.15) is 4.68 Å². The standard InChI is InChI=1S/C19H22N4O3S2/c1-28(25,26)13-12-27-19-20-17-16(15-10-6-3-7-11-22(15)19)18(24)23(21-17)14-8-4-2-5-9-14/h2,4-5,8-9H,3,6-7,10-13H2,1H3. The van der Waals surface area contributed by atoms with E-state index >= 15 is 0 Å². The van der Waals surface area contributed by atoms with Crippen molar-refractivity contribution in [2.75, 3.05) is 17.8 Å². The molecular formula is C19H22N4O3S2. The fourth-order valence-corrected chi connectivity index (χ4v) is 5.73. The lowest BCUT2D eigenvalue weighted by atomic mass is 10.1. The fourth-order valence-electron chi connectivity index (χ4n) is 3.49. The topological polar surface area (TPSA) is 86.8 Å². The van der Waals surface area contributed by atoms with Crippen molar-refractivity contribution in [3.8, 4) is 17.1 Å². The highest BCUT2D eigenvalue weighted by Crippen LogP contribution is 2.30. The van der Waals surface area contributed by atoms with Crippen molar-refractivity contribution in [2.24, 2.45) is 0 Å². The lowest BCUT2D eigenvalue weighted by Gasteiger charge is -2.17.